The maximum atomic E-state index is 12.7. The molecule has 0 saturated carbocycles. The van der Waals surface area contributed by atoms with Crippen LogP contribution in [0.1, 0.15) is 19.4 Å². The molecule has 1 aromatic carbocycles. The van der Waals surface area contributed by atoms with E-state index in [9.17, 15) is 18.3 Å². The van der Waals surface area contributed by atoms with E-state index in [0.717, 1.165) is 0 Å². The number of hydrogen-bond acceptors (Lipinski definition) is 2. The molecule has 0 aliphatic rings. The molecule has 0 fully saturated rings. The molecule has 0 aliphatic heterocycles. The van der Waals surface area contributed by atoms with Gasteiger partial charge in [-0.25, -0.2) is 0 Å². The highest BCUT2D eigenvalue weighted by Crippen LogP contribution is 2.38. The van der Waals surface area contributed by atoms with Crippen LogP contribution in [0.5, 0.6) is 0 Å². The van der Waals surface area contributed by atoms with E-state index in [1.165, 1.54) is 30.2 Å². The minimum Gasteiger partial charge on any atom is -0.385 e. The fourth-order valence-electron chi connectivity index (χ4n) is 1.48. The van der Waals surface area contributed by atoms with Gasteiger partial charge in [0.2, 0.25) is 5.60 Å². The number of alkyl halides is 3. The largest absolute Gasteiger partial charge is 0.433 e. The number of rotatable bonds is 4. The van der Waals surface area contributed by atoms with Crippen molar-refractivity contribution in [3.63, 3.8) is 0 Å². The number of anilines is 1. The van der Waals surface area contributed by atoms with E-state index < -0.39 is 11.8 Å². The zero-order valence-corrected chi connectivity index (χ0v) is 10.8. The van der Waals surface area contributed by atoms with Crippen molar-refractivity contribution in [3.05, 3.63) is 29.8 Å². The quantitative estimate of drug-likeness (QED) is 0.825. The average Bonchev–Trinajstić information content (AvgIpc) is 2.34. The number of halogens is 3. The lowest BCUT2D eigenvalue weighted by Gasteiger charge is -2.25. The summed E-state index contributed by atoms with van der Waals surface area (Å²) >= 11 is 0. The van der Waals surface area contributed by atoms with Crippen molar-refractivity contribution in [1.29, 1.82) is 0 Å². The third-order valence-corrected chi connectivity index (χ3v) is 2.64. The van der Waals surface area contributed by atoms with Gasteiger partial charge in [-0.3, -0.25) is 0 Å². The summed E-state index contributed by atoms with van der Waals surface area (Å²) in [6.07, 6.45) is -0.0821. The Labute approximate surface area is 110 Å². The number of benzene rings is 1. The van der Waals surface area contributed by atoms with Crippen molar-refractivity contribution in [2.45, 2.75) is 25.6 Å². The van der Waals surface area contributed by atoms with Gasteiger partial charge in [0.15, 0.2) is 0 Å². The van der Waals surface area contributed by atoms with Crippen molar-refractivity contribution in [3.8, 4) is 12.3 Å². The molecule has 1 atom stereocenters. The molecule has 0 aromatic heterocycles. The van der Waals surface area contributed by atoms with E-state index in [1.807, 2.05) is 13.8 Å². The lowest BCUT2D eigenvalue weighted by atomic mass is 9.94. The van der Waals surface area contributed by atoms with Crippen LogP contribution < -0.4 is 5.32 Å². The molecule has 1 aromatic rings. The third-order valence-electron chi connectivity index (χ3n) is 2.64. The van der Waals surface area contributed by atoms with Crippen LogP contribution in [0.25, 0.3) is 0 Å². The van der Waals surface area contributed by atoms with Gasteiger partial charge in [-0.2, -0.15) is 13.2 Å². The first kappa shape index (κ1) is 15.4. The van der Waals surface area contributed by atoms with Crippen LogP contribution in [0.15, 0.2) is 24.3 Å². The minimum atomic E-state index is -4.91. The Morgan fingerprint density at radius 2 is 1.79 bits per heavy atom. The molecular weight excluding hydrogens is 255 g/mol. The molecule has 0 radical (unpaired) electrons. The summed E-state index contributed by atoms with van der Waals surface area (Å²) in [5.74, 6) is 1.83. The van der Waals surface area contributed by atoms with Crippen molar-refractivity contribution >= 4 is 5.69 Å². The van der Waals surface area contributed by atoms with Gasteiger partial charge in [-0.05, 0) is 18.1 Å². The zero-order valence-electron chi connectivity index (χ0n) is 10.8. The highest BCUT2D eigenvalue weighted by Gasteiger charge is 2.54. The lowest BCUT2D eigenvalue weighted by Crippen LogP contribution is -2.40. The number of hydrogen-bond donors (Lipinski definition) is 2. The second-order valence-electron chi connectivity index (χ2n) is 4.70. The fourth-order valence-corrected chi connectivity index (χ4v) is 1.48. The number of terminal acetylenes is 1. The van der Waals surface area contributed by atoms with E-state index in [0.29, 0.717) is 18.2 Å². The standard InChI is InChI=1S/C14H16F3NO/c1-4-13(19,14(15,16)17)11-5-7-12(8-6-11)18-9-10(2)3/h1,5-8,10,18-19H,9H2,2-3H3. The molecule has 5 heteroatoms. The fraction of sp³-hybridized carbons (Fsp3) is 0.429. The minimum absolute atomic E-state index is 0.363. The molecule has 104 valence electrons. The SMILES string of the molecule is C#CC(O)(c1ccc(NCC(C)C)cc1)C(F)(F)F. The molecule has 1 unspecified atom stereocenters. The van der Waals surface area contributed by atoms with E-state index in [1.54, 1.807) is 0 Å². The molecule has 0 spiro atoms. The van der Waals surface area contributed by atoms with Crippen LogP contribution >= 0.6 is 0 Å². The van der Waals surface area contributed by atoms with Crippen molar-refractivity contribution < 1.29 is 18.3 Å². The van der Waals surface area contributed by atoms with Gasteiger partial charge in [0.05, 0.1) is 0 Å². The normalized spacial score (nSPS) is 14.8. The second kappa shape index (κ2) is 5.54. The summed E-state index contributed by atoms with van der Waals surface area (Å²) in [5.41, 5.74) is -2.93. The predicted molar refractivity (Wildman–Crippen MR) is 68.6 cm³/mol. The van der Waals surface area contributed by atoms with E-state index in [-0.39, 0.29) is 5.56 Å². The molecule has 0 amide bonds. The van der Waals surface area contributed by atoms with Crippen LogP contribution in [0.3, 0.4) is 0 Å². The Bertz CT molecular complexity index is 459. The second-order valence-corrected chi connectivity index (χ2v) is 4.70. The monoisotopic (exact) mass is 271 g/mol. The van der Waals surface area contributed by atoms with Crippen LogP contribution in [0.2, 0.25) is 0 Å². The van der Waals surface area contributed by atoms with Crippen LogP contribution in [0.4, 0.5) is 18.9 Å². The molecule has 0 saturated heterocycles. The van der Waals surface area contributed by atoms with Gasteiger partial charge in [0, 0.05) is 17.8 Å². The maximum Gasteiger partial charge on any atom is 0.433 e. The molecule has 19 heavy (non-hydrogen) atoms. The molecule has 1 rings (SSSR count). The van der Waals surface area contributed by atoms with E-state index in [2.05, 4.69) is 5.32 Å². The first-order chi connectivity index (χ1) is 8.70. The Morgan fingerprint density at radius 1 is 1.26 bits per heavy atom. The lowest BCUT2D eigenvalue weighted by molar-refractivity contribution is -0.240. The first-order valence-corrected chi connectivity index (χ1v) is 5.82. The van der Waals surface area contributed by atoms with Crippen LogP contribution in [0, 0.1) is 18.3 Å². The molecule has 2 N–H and O–H groups in total. The van der Waals surface area contributed by atoms with Gasteiger partial charge in [0.1, 0.15) is 0 Å². The third kappa shape index (κ3) is 3.42. The summed E-state index contributed by atoms with van der Waals surface area (Å²) in [6, 6.07) is 5.28. The van der Waals surface area contributed by atoms with Gasteiger partial charge in [-0.15, -0.1) is 6.42 Å². The van der Waals surface area contributed by atoms with Gasteiger partial charge < -0.3 is 10.4 Å². The van der Waals surface area contributed by atoms with Crippen LogP contribution in [-0.2, 0) is 5.60 Å². The van der Waals surface area contributed by atoms with Gasteiger partial charge in [0.25, 0.3) is 0 Å². The number of nitrogens with one attached hydrogen (secondary N) is 1. The van der Waals surface area contributed by atoms with E-state index >= 15 is 0 Å². The number of aliphatic hydroxyl groups is 1. The Balaban J connectivity index is 2.95. The summed E-state index contributed by atoms with van der Waals surface area (Å²) in [5, 5.41) is 12.6. The van der Waals surface area contributed by atoms with Gasteiger partial charge >= 0.3 is 6.18 Å². The molecule has 2 nitrogen and oxygen atoms in total. The summed E-state index contributed by atoms with van der Waals surface area (Å²) in [7, 11) is 0. The Hall–Kier alpha value is -1.67. The van der Waals surface area contributed by atoms with Gasteiger partial charge in [-0.1, -0.05) is 31.9 Å². The van der Waals surface area contributed by atoms with E-state index in [4.69, 9.17) is 6.42 Å². The molecule has 0 heterocycles. The summed E-state index contributed by atoms with van der Waals surface area (Å²) < 4.78 is 38.2. The Kier molecular flexibility index (Phi) is 4.48. The zero-order chi connectivity index (χ0) is 14.7. The highest BCUT2D eigenvalue weighted by atomic mass is 19.4. The smallest absolute Gasteiger partial charge is 0.385 e. The first-order valence-electron chi connectivity index (χ1n) is 5.82. The van der Waals surface area contributed by atoms with Crippen LogP contribution in [-0.4, -0.2) is 17.8 Å². The molecule has 0 bridgehead atoms. The van der Waals surface area contributed by atoms with Crippen molar-refractivity contribution in [2.24, 2.45) is 5.92 Å². The summed E-state index contributed by atoms with van der Waals surface area (Å²) in [6.45, 7) is 4.74. The molecule has 0 aliphatic carbocycles. The van der Waals surface area contributed by atoms with Crippen molar-refractivity contribution in [2.75, 3.05) is 11.9 Å². The predicted octanol–water partition coefficient (Wildman–Crippen LogP) is 3.14. The molecular formula is C14H16F3NO. The topological polar surface area (TPSA) is 32.3 Å². The maximum absolute atomic E-state index is 12.7. The van der Waals surface area contributed by atoms with Crippen molar-refractivity contribution in [1.82, 2.24) is 0 Å². The Morgan fingerprint density at radius 3 is 2.16 bits per heavy atom. The highest BCUT2D eigenvalue weighted by molar-refractivity contribution is 5.47. The average molecular weight is 271 g/mol. The summed E-state index contributed by atoms with van der Waals surface area (Å²) in [4.78, 5) is 0.